The number of likely N-dealkylation sites (tertiary alicyclic amines) is 1. The Hall–Kier alpha value is -2.43. The topological polar surface area (TPSA) is 39.6 Å². The zero-order valence-electron chi connectivity index (χ0n) is 17.0. The van der Waals surface area contributed by atoms with Crippen LogP contribution < -0.4 is 4.90 Å². The molecule has 4 nitrogen and oxygen atoms in total. The monoisotopic (exact) mass is 375 g/mol. The van der Waals surface area contributed by atoms with E-state index in [-0.39, 0.29) is 0 Å². The third-order valence-corrected chi connectivity index (χ3v) is 5.84. The molecule has 0 saturated carbocycles. The van der Waals surface area contributed by atoms with Gasteiger partial charge >= 0.3 is 0 Å². The van der Waals surface area contributed by atoms with Crippen LogP contribution >= 0.6 is 0 Å². The first-order valence-electron chi connectivity index (χ1n) is 10.0. The summed E-state index contributed by atoms with van der Waals surface area (Å²) >= 11 is 0. The maximum Gasteiger partial charge on any atom is 0.133 e. The van der Waals surface area contributed by atoms with E-state index >= 15 is 0 Å². The first-order chi connectivity index (χ1) is 13.4. The number of benzene rings is 2. The van der Waals surface area contributed by atoms with Crippen molar-refractivity contribution in [2.45, 2.75) is 31.9 Å². The van der Waals surface area contributed by atoms with Crippen molar-refractivity contribution in [2.75, 3.05) is 32.1 Å². The van der Waals surface area contributed by atoms with Crippen LogP contribution in [0.2, 0.25) is 0 Å². The van der Waals surface area contributed by atoms with Gasteiger partial charge in [-0.25, -0.2) is 4.98 Å². The Morgan fingerprint density at radius 3 is 2.50 bits per heavy atom. The number of nitrogens with zero attached hydrogens (tertiary/aromatic N) is 3. The normalized spacial score (nSPS) is 17.0. The number of fused-ring (bicyclic) bond motifs is 1. The van der Waals surface area contributed by atoms with Crippen molar-refractivity contribution in [3.63, 3.8) is 0 Å². The molecule has 1 aromatic heterocycles. The van der Waals surface area contributed by atoms with E-state index in [0.717, 1.165) is 49.4 Å². The molecule has 0 unspecified atom stereocenters. The maximum absolute atomic E-state index is 11.2. The summed E-state index contributed by atoms with van der Waals surface area (Å²) in [6.45, 7) is 4.70. The molecule has 3 aromatic rings. The van der Waals surface area contributed by atoms with Crippen LogP contribution in [0.25, 0.3) is 10.9 Å². The number of para-hydroxylation sites is 1. The van der Waals surface area contributed by atoms with Crippen molar-refractivity contribution in [1.82, 2.24) is 9.88 Å². The van der Waals surface area contributed by atoms with E-state index in [1.807, 2.05) is 26.2 Å². The minimum Gasteiger partial charge on any atom is -0.385 e. The number of piperidine rings is 1. The van der Waals surface area contributed by atoms with Gasteiger partial charge in [-0.2, -0.15) is 0 Å². The molecule has 1 saturated heterocycles. The van der Waals surface area contributed by atoms with Crippen LogP contribution in [0.4, 0.5) is 5.82 Å². The fourth-order valence-corrected chi connectivity index (χ4v) is 4.20. The van der Waals surface area contributed by atoms with Gasteiger partial charge in [0.1, 0.15) is 5.82 Å². The molecular weight excluding hydrogens is 346 g/mol. The Morgan fingerprint density at radius 2 is 1.79 bits per heavy atom. The highest BCUT2D eigenvalue weighted by Crippen LogP contribution is 2.34. The number of pyridine rings is 1. The zero-order valence-corrected chi connectivity index (χ0v) is 17.0. The van der Waals surface area contributed by atoms with Crippen molar-refractivity contribution >= 4 is 16.7 Å². The largest absolute Gasteiger partial charge is 0.385 e. The van der Waals surface area contributed by atoms with E-state index in [2.05, 4.69) is 59.2 Å². The van der Waals surface area contributed by atoms with E-state index in [1.54, 1.807) is 0 Å². The molecule has 4 heteroatoms. The molecule has 1 fully saturated rings. The third-order valence-electron chi connectivity index (χ3n) is 5.84. The lowest BCUT2D eigenvalue weighted by Crippen LogP contribution is -2.42. The highest BCUT2D eigenvalue weighted by atomic mass is 16.3. The minimum atomic E-state index is -0.714. The van der Waals surface area contributed by atoms with Crippen LogP contribution in [-0.4, -0.2) is 42.2 Å². The van der Waals surface area contributed by atoms with Crippen molar-refractivity contribution < 1.29 is 5.11 Å². The Kier molecular flexibility index (Phi) is 5.09. The minimum absolute atomic E-state index is 0.714. The number of aliphatic hydroxyl groups is 1. The molecule has 0 spiro atoms. The third kappa shape index (κ3) is 3.75. The number of aromatic nitrogens is 1. The van der Waals surface area contributed by atoms with E-state index in [1.165, 1.54) is 16.5 Å². The molecule has 2 heterocycles. The molecule has 4 rings (SSSR count). The molecule has 2 aromatic carbocycles. The number of hydrogen-bond donors (Lipinski definition) is 1. The lowest BCUT2D eigenvalue weighted by atomic mass is 9.84. The van der Waals surface area contributed by atoms with Crippen LogP contribution in [0.3, 0.4) is 0 Å². The number of rotatable bonds is 4. The van der Waals surface area contributed by atoms with Crippen molar-refractivity contribution in [3.05, 3.63) is 71.3 Å². The first kappa shape index (κ1) is 18.9. The second-order valence-electron chi connectivity index (χ2n) is 8.24. The number of hydrogen-bond acceptors (Lipinski definition) is 4. The van der Waals surface area contributed by atoms with Crippen LogP contribution in [0.15, 0.2) is 54.6 Å². The lowest BCUT2D eigenvalue weighted by Gasteiger charge is -2.39. The first-order valence-corrected chi connectivity index (χ1v) is 10.0. The molecular formula is C24H29N3O. The summed E-state index contributed by atoms with van der Waals surface area (Å²) in [5, 5.41) is 12.4. The van der Waals surface area contributed by atoms with Crippen LogP contribution in [0.1, 0.15) is 29.5 Å². The molecule has 1 N–H and O–H groups in total. The van der Waals surface area contributed by atoms with Gasteiger partial charge in [-0.1, -0.05) is 48.0 Å². The molecule has 0 bridgehead atoms. The predicted octanol–water partition coefficient (Wildman–Crippen LogP) is 4.09. The van der Waals surface area contributed by atoms with Crippen LogP contribution in [-0.2, 0) is 12.1 Å². The van der Waals surface area contributed by atoms with Gasteiger partial charge in [0.05, 0.1) is 11.1 Å². The van der Waals surface area contributed by atoms with Gasteiger partial charge in [-0.15, -0.1) is 0 Å². The highest BCUT2D eigenvalue weighted by molar-refractivity contribution is 5.81. The second kappa shape index (κ2) is 7.53. The van der Waals surface area contributed by atoms with Gasteiger partial charge in [0, 0.05) is 44.7 Å². The molecule has 146 valence electrons. The molecule has 28 heavy (non-hydrogen) atoms. The van der Waals surface area contributed by atoms with Crippen molar-refractivity contribution in [1.29, 1.82) is 0 Å². The average molecular weight is 376 g/mol. The fourth-order valence-electron chi connectivity index (χ4n) is 4.20. The second-order valence-corrected chi connectivity index (χ2v) is 8.24. The molecule has 0 radical (unpaired) electrons. The summed E-state index contributed by atoms with van der Waals surface area (Å²) in [5.41, 5.74) is 3.81. The fraction of sp³-hybridized carbons (Fsp3) is 0.375. The highest BCUT2D eigenvalue weighted by Gasteiger charge is 2.34. The number of aryl methyl sites for hydroxylation is 1. The molecule has 1 aliphatic heterocycles. The summed E-state index contributed by atoms with van der Waals surface area (Å²) in [5.74, 6) is 1.03. The Balaban J connectivity index is 1.52. The van der Waals surface area contributed by atoms with Crippen LogP contribution in [0.5, 0.6) is 0 Å². The average Bonchev–Trinajstić information content (AvgIpc) is 2.69. The molecule has 1 aliphatic rings. The number of anilines is 1. The SMILES string of the molecule is Cc1cccc(C2(O)CCN(Cc3cc4ccccc4nc3N(C)C)CC2)c1. The maximum atomic E-state index is 11.2. The lowest BCUT2D eigenvalue weighted by molar-refractivity contribution is -0.0277. The quantitative estimate of drug-likeness (QED) is 0.745. The summed E-state index contributed by atoms with van der Waals surface area (Å²) in [7, 11) is 4.10. The summed E-state index contributed by atoms with van der Waals surface area (Å²) in [4.78, 5) is 9.40. The Bertz CT molecular complexity index is 975. The van der Waals surface area contributed by atoms with Crippen molar-refractivity contribution in [3.8, 4) is 0 Å². The summed E-state index contributed by atoms with van der Waals surface area (Å²) < 4.78 is 0. The van der Waals surface area contributed by atoms with Gasteiger partial charge in [-0.3, -0.25) is 4.90 Å². The standard InChI is InChI=1S/C24H29N3O/c1-18-7-6-9-21(15-18)24(28)11-13-27(14-12-24)17-20-16-19-8-4-5-10-22(19)25-23(20)26(2)3/h4-10,15-16,28H,11-14,17H2,1-3H3. The summed E-state index contributed by atoms with van der Waals surface area (Å²) in [6, 6.07) is 18.8. The van der Waals surface area contributed by atoms with E-state index in [4.69, 9.17) is 4.98 Å². The molecule has 0 amide bonds. The zero-order chi connectivity index (χ0) is 19.7. The van der Waals surface area contributed by atoms with Gasteiger partial charge in [-0.05, 0) is 37.5 Å². The molecule has 0 atom stereocenters. The molecule has 0 aliphatic carbocycles. The van der Waals surface area contributed by atoms with E-state index in [0.29, 0.717) is 0 Å². The van der Waals surface area contributed by atoms with E-state index < -0.39 is 5.60 Å². The van der Waals surface area contributed by atoms with E-state index in [9.17, 15) is 5.11 Å². The van der Waals surface area contributed by atoms with Gasteiger partial charge < -0.3 is 10.0 Å². The smallest absolute Gasteiger partial charge is 0.133 e. The van der Waals surface area contributed by atoms with Gasteiger partial charge in [0.15, 0.2) is 0 Å². The van der Waals surface area contributed by atoms with Gasteiger partial charge in [0.2, 0.25) is 0 Å². The van der Waals surface area contributed by atoms with Gasteiger partial charge in [0.25, 0.3) is 0 Å². The van der Waals surface area contributed by atoms with Crippen molar-refractivity contribution in [2.24, 2.45) is 0 Å². The summed E-state index contributed by atoms with van der Waals surface area (Å²) in [6.07, 6.45) is 1.52. The van der Waals surface area contributed by atoms with Crippen LogP contribution in [0, 0.1) is 6.92 Å². The Labute approximate surface area is 167 Å². The predicted molar refractivity (Wildman–Crippen MR) is 116 cm³/mol. The Morgan fingerprint density at radius 1 is 1.04 bits per heavy atom.